The van der Waals surface area contributed by atoms with Gasteiger partial charge in [-0.1, -0.05) is 24.3 Å². The van der Waals surface area contributed by atoms with E-state index in [2.05, 4.69) is 5.32 Å². The number of esters is 1. The van der Waals surface area contributed by atoms with Gasteiger partial charge in [0, 0.05) is 6.54 Å². The molecule has 1 N–H and O–H groups in total. The molecule has 30 heavy (non-hydrogen) atoms. The van der Waals surface area contributed by atoms with Crippen molar-refractivity contribution in [3.8, 4) is 0 Å². The Kier molecular flexibility index (Phi) is 6.25. The summed E-state index contributed by atoms with van der Waals surface area (Å²) in [6.45, 7) is 3.06. The molecule has 0 aliphatic carbocycles. The van der Waals surface area contributed by atoms with Gasteiger partial charge in [-0.15, -0.1) is 0 Å². The molecule has 1 aliphatic rings. The lowest BCUT2D eigenvalue weighted by molar-refractivity contribution is -0.158. The first-order valence-electron chi connectivity index (χ1n) is 9.49. The maximum absolute atomic E-state index is 12.9. The van der Waals surface area contributed by atoms with E-state index in [-0.39, 0.29) is 23.5 Å². The Labute approximate surface area is 172 Å². The summed E-state index contributed by atoms with van der Waals surface area (Å²) >= 11 is 0. The summed E-state index contributed by atoms with van der Waals surface area (Å²) in [5.74, 6) is -2.85. The zero-order chi connectivity index (χ0) is 21.8. The van der Waals surface area contributed by atoms with Gasteiger partial charge in [-0.2, -0.15) is 0 Å². The zero-order valence-electron chi connectivity index (χ0n) is 16.6. The second-order valence-corrected chi connectivity index (χ2v) is 6.95. The zero-order valence-corrected chi connectivity index (χ0v) is 16.6. The van der Waals surface area contributed by atoms with Gasteiger partial charge >= 0.3 is 5.97 Å². The molecule has 2 atom stereocenters. The van der Waals surface area contributed by atoms with Crippen molar-refractivity contribution < 1.29 is 28.3 Å². The highest BCUT2D eigenvalue weighted by molar-refractivity contribution is 6.22. The van der Waals surface area contributed by atoms with Crippen molar-refractivity contribution in [1.82, 2.24) is 10.2 Å². The highest BCUT2D eigenvalue weighted by Crippen LogP contribution is 2.24. The number of halogens is 1. The van der Waals surface area contributed by atoms with E-state index in [0.717, 1.165) is 10.5 Å². The number of nitrogens with one attached hydrogen (secondary N) is 1. The van der Waals surface area contributed by atoms with E-state index < -0.39 is 35.8 Å². The van der Waals surface area contributed by atoms with E-state index in [1.165, 1.54) is 38.1 Å². The van der Waals surface area contributed by atoms with E-state index >= 15 is 0 Å². The smallest absolute Gasteiger partial charge is 0.329 e. The number of nitrogens with zero attached hydrogens (tertiary/aromatic N) is 1. The summed E-state index contributed by atoms with van der Waals surface area (Å²) in [5.41, 5.74) is 1.31. The van der Waals surface area contributed by atoms with Gasteiger partial charge in [0.05, 0.1) is 11.1 Å². The van der Waals surface area contributed by atoms with E-state index in [4.69, 9.17) is 4.74 Å². The van der Waals surface area contributed by atoms with E-state index in [1.54, 1.807) is 24.3 Å². The summed E-state index contributed by atoms with van der Waals surface area (Å²) < 4.78 is 18.1. The van der Waals surface area contributed by atoms with Crippen molar-refractivity contribution in [3.63, 3.8) is 0 Å². The molecule has 0 radical (unpaired) electrons. The largest absolute Gasteiger partial charge is 0.451 e. The molecule has 3 amide bonds. The minimum atomic E-state index is -1.17. The number of rotatable bonds is 7. The third-order valence-corrected chi connectivity index (χ3v) is 4.84. The molecule has 1 heterocycles. The predicted octanol–water partition coefficient (Wildman–Crippen LogP) is 2.10. The number of carbonyl (C=O) groups excluding carboxylic acids is 4. The Balaban J connectivity index is 1.52. The fraction of sp³-hybridized carbons (Fsp3) is 0.273. The average Bonchev–Trinajstić information content (AvgIpc) is 2.99. The number of hydrogen-bond acceptors (Lipinski definition) is 5. The molecule has 0 fully saturated rings. The first kappa shape index (κ1) is 21.2. The molecule has 0 bridgehead atoms. The standard InChI is InChI=1S/C22H21FN2O5/c1-13(25-20(27)17-5-3-4-6-18(17)21(25)28)22(29)30-14(2)19(26)24-12-11-15-7-9-16(23)10-8-15/h3-10,13-14H,11-12H2,1-2H3,(H,24,26)/t13-,14-/m1/s1. The Hall–Kier alpha value is -3.55. The fourth-order valence-corrected chi connectivity index (χ4v) is 3.12. The third-order valence-electron chi connectivity index (χ3n) is 4.84. The first-order chi connectivity index (χ1) is 14.3. The summed E-state index contributed by atoms with van der Waals surface area (Å²) in [5, 5.41) is 2.63. The Morgan fingerprint density at radius 2 is 1.57 bits per heavy atom. The summed E-state index contributed by atoms with van der Waals surface area (Å²) in [7, 11) is 0. The molecule has 7 nitrogen and oxygen atoms in total. The van der Waals surface area contributed by atoms with Crippen LogP contribution in [0.15, 0.2) is 48.5 Å². The van der Waals surface area contributed by atoms with Crippen LogP contribution < -0.4 is 5.32 Å². The molecule has 0 spiro atoms. The average molecular weight is 412 g/mol. The number of ether oxygens (including phenoxy) is 1. The Morgan fingerprint density at radius 3 is 2.13 bits per heavy atom. The first-order valence-corrected chi connectivity index (χ1v) is 9.49. The van der Waals surface area contributed by atoms with Gasteiger partial charge in [-0.05, 0) is 50.1 Å². The van der Waals surface area contributed by atoms with Crippen molar-refractivity contribution in [2.75, 3.05) is 6.54 Å². The summed E-state index contributed by atoms with van der Waals surface area (Å²) in [6.07, 6.45) is -0.624. The van der Waals surface area contributed by atoms with Crippen LogP contribution in [-0.2, 0) is 20.7 Å². The Morgan fingerprint density at radius 1 is 1.00 bits per heavy atom. The summed E-state index contributed by atoms with van der Waals surface area (Å²) in [6, 6.07) is 11.0. The number of hydrogen-bond donors (Lipinski definition) is 1. The van der Waals surface area contributed by atoms with Gasteiger partial charge in [0.1, 0.15) is 11.9 Å². The normalized spacial score (nSPS) is 14.8. The van der Waals surface area contributed by atoms with Crippen LogP contribution in [0.4, 0.5) is 4.39 Å². The lowest BCUT2D eigenvalue weighted by atomic mass is 10.1. The number of carbonyl (C=O) groups is 4. The van der Waals surface area contributed by atoms with Crippen LogP contribution in [0, 0.1) is 5.82 Å². The Bertz CT molecular complexity index is 954. The molecule has 0 aromatic heterocycles. The predicted molar refractivity (Wildman–Crippen MR) is 105 cm³/mol. The molecular weight excluding hydrogens is 391 g/mol. The number of amides is 3. The highest BCUT2D eigenvalue weighted by Gasteiger charge is 2.41. The molecule has 0 saturated heterocycles. The minimum absolute atomic E-state index is 0.230. The van der Waals surface area contributed by atoms with E-state index in [0.29, 0.717) is 6.42 Å². The van der Waals surface area contributed by atoms with Gasteiger partial charge < -0.3 is 10.1 Å². The second kappa shape index (κ2) is 8.86. The molecule has 156 valence electrons. The quantitative estimate of drug-likeness (QED) is 0.555. The van der Waals surface area contributed by atoms with Crippen LogP contribution in [0.25, 0.3) is 0 Å². The van der Waals surface area contributed by atoms with Crippen LogP contribution in [0.5, 0.6) is 0 Å². The van der Waals surface area contributed by atoms with Crippen LogP contribution in [-0.4, -0.2) is 47.3 Å². The third kappa shape index (κ3) is 4.37. The van der Waals surface area contributed by atoms with Crippen molar-refractivity contribution in [2.45, 2.75) is 32.4 Å². The SMILES string of the molecule is C[C@H](C(=O)O[C@H](C)C(=O)NCCc1ccc(F)cc1)N1C(=O)c2ccccc2C1=O. The maximum Gasteiger partial charge on any atom is 0.329 e. The van der Waals surface area contributed by atoms with Crippen LogP contribution in [0.2, 0.25) is 0 Å². The van der Waals surface area contributed by atoms with Crippen LogP contribution in [0.1, 0.15) is 40.1 Å². The lowest BCUT2D eigenvalue weighted by Crippen LogP contribution is -2.46. The van der Waals surface area contributed by atoms with Crippen molar-refractivity contribution in [3.05, 3.63) is 71.0 Å². The molecule has 2 aromatic rings. The van der Waals surface area contributed by atoms with Crippen molar-refractivity contribution in [1.29, 1.82) is 0 Å². The highest BCUT2D eigenvalue weighted by atomic mass is 19.1. The topological polar surface area (TPSA) is 92.8 Å². The van der Waals surface area contributed by atoms with Gasteiger partial charge in [-0.3, -0.25) is 19.3 Å². The molecular formula is C22H21FN2O5. The molecule has 8 heteroatoms. The van der Waals surface area contributed by atoms with Crippen molar-refractivity contribution in [2.24, 2.45) is 0 Å². The van der Waals surface area contributed by atoms with Crippen LogP contribution in [0.3, 0.4) is 0 Å². The number of fused-ring (bicyclic) bond motifs is 1. The second-order valence-electron chi connectivity index (χ2n) is 6.95. The van der Waals surface area contributed by atoms with Crippen molar-refractivity contribution >= 4 is 23.7 Å². The van der Waals surface area contributed by atoms with Gasteiger partial charge in [-0.25, -0.2) is 9.18 Å². The fourth-order valence-electron chi connectivity index (χ4n) is 3.12. The summed E-state index contributed by atoms with van der Waals surface area (Å²) in [4.78, 5) is 50.4. The molecule has 0 unspecified atom stereocenters. The van der Waals surface area contributed by atoms with Gasteiger partial charge in [0.15, 0.2) is 6.10 Å². The van der Waals surface area contributed by atoms with Gasteiger partial charge in [0.25, 0.3) is 17.7 Å². The monoisotopic (exact) mass is 412 g/mol. The maximum atomic E-state index is 12.9. The minimum Gasteiger partial charge on any atom is -0.451 e. The van der Waals surface area contributed by atoms with Gasteiger partial charge in [0.2, 0.25) is 0 Å². The molecule has 3 rings (SSSR count). The van der Waals surface area contributed by atoms with E-state index in [9.17, 15) is 23.6 Å². The lowest BCUT2D eigenvalue weighted by Gasteiger charge is -2.22. The molecule has 0 saturated carbocycles. The van der Waals surface area contributed by atoms with Crippen LogP contribution >= 0.6 is 0 Å². The number of benzene rings is 2. The molecule has 1 aliphatic heterocycles. The number of imide groups is 1. The van der Waals surface area contributed by atoms with E-state index in [1.807, 2.05) is 0 Å². The molecule has 2 aromatic carbocycles.